The number of rotatable bonds is 8. The quantitative estimate of drug-likeness (QED) is 0.215. The van der Waals surface area contributed by atoms with Crippen LogP contribution in [-0.2, 0) is 21.5 Å². The molecule has 0 unspecified atom stereocenters. The Labute approximate surface area is 243 Å². The standard InChI is InChI=1S/C26H32N6O8S2/c1-15(2)9-13-31-23-17(6-4-11-27-23)21(33)20(24(31)34)22-28-18-8-7-16(14-19(18)41(37,38)30-22)29-42(39,40)32-12-5-10-26(32,3)25(35)36/h4,6-8,11,14-15,29,33,37-38H,5,9-10,12-13H2,1-3H3,(H,28,30)(H,35,36)/t26-/m0/s1. The summed E-state index contributed by atoms with van der Waals surface area (Å²) in [5, 5.41) is 23.9. The highest BCUT2D eigenvalue weighted by Gasteiger charge is 2.49. The number of pyridine rings is 2. The molecule has 2 aliphatic rings. The SMILES string of the molecule is CC(C)CCn1c(=O)c(C2=NS(O)(O)c3cc(NS(=O)(=O)N4CCC[C@@]4(C)C(=O)O)ccc3N2)c(O)c2cccnc21. The molecule has 0 amide bonds. The van der Waals surface area contributed by atoms with Gasteiger partial charge in [0.1, 0.15) is 27.4 Å². The van der Waals surface area contributed by atoms with Crippen LogP contribution in [0.2, 0.25) is 0 Å². The molecule has 4 heterocycles. The van der Waals surface area contributed by atoms with Crippen molar-refractivity contribution in [3.63, 3.8) is 0 Å². The van der Waals surface area contributed by atoms with Crippen LogP contribution < -0.4 is 15.6 Å². The van der Waals surface area contributed by atoms with Crippen LogP contribution in [0.1, 0.15) is 45.6 Å². The van der Waals surface area contributed by atoms with Crippen molar-refractivity contribution in [2.45, 2.75) is 57.0 Å². The summed E-state index contributed by atoms with van der Waals surface area (Å²) in [5.74, 6) is -1.69. The van der Waals surface area contributed by atoms with Crippen molar-refractivity contribution in [2.24, 2.45) is 10.3 Å². The molecular formula is C26H32N6O8S2. The number of aromatic nitrogens is 2. The molecule has 226 valence electrons. The number of aryl methyl sites for hydroxylation is 1. The highest BCUT2D eigenvalue weighted by Crippen LogP contribution is 2.56. The van der Waals surface area contributed by atoms with Crippen molar-refractivity contribution in [2.75, 3.05) is 16.6 Å². The molecule has 0 saturated carbocycles. The highest BCUT2D eigenvalue weighted by molar-refractivity contribution is 8.23. The largest absolute Gasteiger partial charge is 0.506 e. The lowest BCUT2D eigenvalue weighted by atomic mass is 10.0. The highest BCUT2D eigenvalue weighted by atomic mass is 32.3. The van der Waals surface area contributed by atoms with E-state index in [1.54, 1.807) is 12.1 Å². The Kier molecular flexibility index (Phi) is 7.47. The molecule has 16 heteroatoms. The zero-order valence-electron chi connectivity index (χ0n) is 23.1. The Morgan fingerprint density at radius 2 is 2.00 bits per heavy atom. The van der Waals surface area contributed by atoms with Gasteiger partial charge in [-0.15, -0.1) is 4.40 Å². The molecule has 0 spiro atoms. The van der Waals surface area contributed by atoms with Gasteiger partial charge in [-0.1, -0.05) is 24.6 Å². The van der Waals surface area contributed by atoms with E-state index in [4.69, 9.17) is 0 Å². The number of fused-ring (bicyclic) bond motifs is 2. The number of aromatic hydroxyl groups is 1. The molecular weight excluding hydrogens is 588 g/mol. The van der Waals surface area contributed by atoms with Crippen LogP contribution in [0.4, 0.5) is 11.4 Å². The number of carboxylic acid groups (broad SMARTS) is 1. The van der Waals surface area contributed by atoms with Crippen LogP contribution in [0.3, 0.4) is 0 Å². The van der Waals surface area contributed by atoms with Gasteiger partial charge in [-0.2, -0.15) is 12.7 Å². The summed E-state index contributed by atoms with van der Waals surface area (Å²) in [6.07, 6.45) is 2.67. The van der Waals surface area contributed by atoms with E-state index in [2.05, 4.69) is 19.4 Å². The molecule has 2 aromatic heterocycles. The first-order valence-electron chi connectivity index (χ1n) is 13.2. The molecule has 6 N–H and O–H groups in total. The van der Waals surface area contributed by atoms with Crippen molar-refractivity contribution in [3.8, 4) is 5.75 Å². The zero-order chi connectivity index (χ0) is 30.6. The lowest BCUT2D eigenvalue weighted by Gasteiger charge is -2.35. The number of hydrogen-bond donors (Lipinski definition) is 6. The Balaban J connectivity index is 1.53. The molecule has 0 aliphatic carbocycles. The normalized spacial score (nSPS) is 21.0. The summed E-state index contributed by atoms with van der Waals surface area (Å²) in [6.45, 7) is 5.66. The first-order valence-corrected chi connectivity index (χ1v) is 16.1. The first-order chi connectivity index (χ1) is 19.7. The topological polar surface area (TPSA) is 207 Å². The third-order valence-corrected chi connectivity index (χ3v) is 10.5. The minimum Gasteiger partial charge on any atom is -0.506 e. The van der Waals surface area contributed by atoms with Gasteiger partial charge in [0.15, 0.2) is 5.84 Å². The summed E-state index contributed by atoms with van der Waals surface area (Å²) in [4.78, 5) is 29.6. The number of nitrogens with one attached hydrogen (secondary N) is 2. The lowest BCUT2D eigenvalue weighted by Crippen LogP contribution is -2.52. The Morgan fingerprint density at radius 3 is 2.69 bits per heavy atom. The number of anilines is 2. The number of aliphatic carboxylic acids is 1. The maximum atomic E-state index is 13.6. The van der Waals surface area contributed by atoms with Crippen LogP contribution in [0.25, 0.3) is 11.0 Å². The van der Waals surface area contributed by atoms with E-state index >= 15 is 0 Å². The van der Waals surface area contributed by atoms with Crippen molar-refractivity contribution in [1.29, 1.82) is 0 Å². The third kappa shape index (κ3) is 5.09. The van der Waals surface area contributed by atoms with Gasteiger partial charge in [0, 0.05) is 19.3 Å². The second kappa shape index (κ2) is 10.5. The fraction of sp³-hybridized carbons (Fsp3) is 0.385. The van der Waals surface area contributed by atoms with E-state index in [1.807, 2.05) is 13.8 Å². The second-order valence-corrected chi connectivity index (χ2v) is 14.1. The van der Waals surface area contributed by atoms with Crippen molar-refractivity contribution in [3.05, 3.63) is 52.4 Å². The first kappa shape index (κ1) is 29.8. The van der Waals surface area contributed by atoms with Gasteiger partial charge in [-0.05, 0) is 62.4 Å². The fourth-order valence-corrected chi connectivity index (χ4v) is 7.96. The molecule has 1 atom stereocenters. The maximum absolute atomic E-state index is 13.6. The minimum absolute atomic E-state index is 0.00688. The van der Waals surface area contributed by atoms with Gasteiger partial charge in [0.25, 0.3) is 5.56 Å². The Bertz CT molecular complexity index is 1790. The third-order valence-electron chi connectivity index (χ3n) is 7.48. The zero-order valence-corrected chi connectivity index (χ0v) is 24.7. The van der Waals surface area contributed by atoms with Gasteiger partial charge in [-0.3, -0.25) is 28.0 Å². The van der Waals surface area contributed by atoms with Crippen molar-refractivity contribution in [1.82, 2.24) is 13.9 Å². The molecule has 0 radical (unpaired) electrons. The molecule has 1 saturated heterocycles. The fourth-order valence-electron chi connectivity index (χ4n) is 5.16. The van der Waals surface area contributed by atoms with E-state index in [9.17, 15) is 37.3 Å². The molecule has 0 bridgehead atoms. The summed E-state index contributed by atoms with van der Waals surface area (Å²) < 4.78 is 56.9. The van der Waals surface area contributed by atoms with E-state index in [0.29, 0.717) is 19.4 Å². The number of carboxylic acids is 1. The van der Waals surface area contributed by atoms with Crippen LogP contribution in [0.15, 0.2) is 50.6 Å². The average Bonchev–Trinajstić information content (AvgIpc) is 3.32. The smallest absolute Gasteiger partial charge is 0.324 e. The summed E-state index contributed by atoms with van der Waals surface area (Å²) in [7, 11) is -8.31. The van der Waals surface area contributed by atoms with Crippen molar-refractivity contribution < 1.29 is 32.5 Å². The van der Waals surface area contributed by atoms with E-state index in [1.165, 1.54) is 35.9 Å². The summed E-state index contributed by atoms with van der Waals surface area (Å²) in [6, 6.07) is 7.09. The number of amidine groups is 1. The minimum atomic E-state index is -4.32. The number of nitrogens with zero attached hydrogens (tertiary/aromatic N) is 4. The van der Waals surface area contributed by atoms with Gasteiger partial charge >= 0.3 is 16.2 Å². The number of benzene rings is 1. The molecule has 3 aromatic rings. The van der Waals surface area contributed by atoms with Crippen LogP contribution in [-0.4, -0.2) is 65.5 Å². The molecule has 1 fully saturated rings. The van der Waals surface area contributed by atoms with Crippen LogP contribution in [0, 0.1) is 5.92 Å². The van der Waals surface area contributed by atoms with Crippen LogP contribution in [0.5, 0.6) is 5.75 Å². The molecule has 14 nitrogen and oxygen atoms in total. The summed E-state index contributed by atoms with van der Waals surface area (Å²) >= 11 is 0. The molecule has 1 aromatic carbocycles. The van der Waals surface area contributed by atoms with E-state index in [0.717, 1.165) is 4.31 Å². The molecule has 5 rings (SSSR count). The van der Waals surface area contributed by atoms with Crippen LogP contribution >= 0.6 is 10.8 Å². The molecule has 42 heavy (non-hydrogen) atoms. The predicted molar refractivity (Wildman–Crippen MR) is 159 cm³/mol. The monoisotopic (exact) mass is 620 g/mol. The van der Waals surface area contributed by atoms with E-state index < -0.39 is 43.8 Å². The van der Waals surface area contributed by atoms with Crippen molar-refractivity contribution >= 4 is 55.2 Å². The lowest BCUT2D eigenvalue weighted by molar-refractivity contribution is -0.146. The number of carbonyl (C=O) groups is 1. The average molecular weight is 621 g/mol. The summed E-state index contributed by atoms with van der Waals surface area (Å²) in [5.41, 5.74) is -2.16. The predicted octanol–water partition coefficient (Wildman–Crippen LogP) is 3.64. The van der Waals surface area contributed by atoms with Gasteiger partial charge in [0.2, 0.25) is 0 Å². The van der Waals surface area contributed by atoms with Gasteiger partial charge in [-0.25, -0.2) is 4.98 Å². The number of hydrogen-bond acceptors (Lipinski definition) is 10. The Morgan fingerprint density at radius 1 is 1.26 bits per heavy atom. The molecule has 2 aliphatic heterocycles. The Hall–Kier alpha value is -3.70. The maximum Gasteiger partial charge on any atom is 0.324 e. The van der Waals surface area contributed by atoms with Gasteiger partial charge in [0.05, 0.1) is 16.8 Å². The second-order valence-electron chi connectivity index (χ2n) is 10.9. The van der Waals surface area contributed by atoms with E-state index in [-0.39, 0.29) is 57.6 Å². The van der Waals surface area contributed by atoms with Gasteiger partial charge < -0.3 is 15.5 Å².